The molecule has 36 heavy (non-hydrogen) atoms. The highest BCUT2D eigenvalue weighted by atomic mass is 32.1. The van der Waals surface area contributed by atoms with E-state index >= 15 is 0 Å². The molecule has 0 atom stereocenters. The summed E-state index contributed by atoms with van der Waals surface area (Å²) in [5, 5.41) is 5.18. The maximum atomic E-state index is 5.61. The SMILES string of the molecule is COc1cc(OC)cc(-c2c(C#Cc3ccsc3)c3cc(-c4ccc5c(c4)OCO5)ccc3n2C)c1. The highest BCUT2D eigenvalue weighted by Gasteiger charge is 2.19. The van der Waals surface area contributed by atoms with E-state index in [0.29, 0.717) is 0 Å². The summed E-state index contributed by atoms with van der Waals surface area (Å²) in [7, 11) is 5.39. The Morgan fingerprint density at radius 1 is 0.806 bits per heavy atom. The maximum Gasteiger partial charge on any atom is 0.231 e. The number of thiophene rings is 1. The minimum atomic E-state index is 0.256. The minimum Gasteiger partial charge on any atom is -0.497 e. The Labute approximate surface area is 213 Å². The van der Waals surface area contributed by atoms with Gasteiger partial charge in [0.05, 0.1) is 25.5 Å². The summed E-state index contributed by atoms with van der Waals surface area (Å²) < 4.78 is 24.4. The summed E-state index contributed by atoms with van der Waals surface area (Å²) in [6.07, 6.45) is 0. The predicted molar refractivity (Wildman–Crippen MR) is 143 cm³/mol. The van der Waals surface area contributed by atoms with Crippen molar-refractivity contribution in [1.82, 2.24) is 4.57 Å². The third-order valence-corrected chi connectivity index (χ3v) is 7.07. The molecule has 0 radical (unpaired) electrons. The topological polar surface area (TPSA) is 41.9 Å². The fraction of sp³-hybridized carbons (Fsp3) is 0.133. The van der Waals surface area contributed by atoms with Gasteiger partial charge in [0.2, 0.25) is 6.79 Å². The highest BCUT2D eigenvalue weighted by Crippen LogP contribution is 2.40. The van der Waals surface area contributed by atoms with Crippen molar-refractivity contribution in [2.75, 3.05) is 21.0 Å². The van der Waals surface area contributed by atoms with Crippen LogP contribution in [0.2, 0.25) is 0 Å². The van der Waals surface area contributed by atoms with E-state index in [-0.39, 0.29) is 6.79 Å². The van der Waals surface area contributed by atoms with E-state index in [0.717, 1.165) is 67.4 Å². The van der Waals surface area contributed by atoms with Gasteiger partial charge in [-0.05, 0) is 59.0 Å². The van der Waals surface area contributed by atoms with E-state index < -0.39 is 0 Å². The van der Waals surface area contributed by atoms with Crippen molar-refractivity contribution >= 4 is 22.2 Å². The number of nitrogens with zero attached hydrogens (tertiary/aromatic N) is 1. The van der Waals surface area contributed by atoms with Crippen LogP contribution in [-0.2, 0) is 7.05 Å². The molecule has 0 saturated heterocycles. The summed E-state index contributed by atoms with van der Waals surface area (Å²) in [5.74, 6) is 9.84. The van der Waals surface area contributed by atoms with Crippen molar-refractivity contribution in [2.24, 2.45) is 7.05 Å². The second-order valence-corrected chi connectivity index (χ2v) is 9.23. The lowest BCUT2D eigenvalue weighted by Crippen LogP contribution is -1.95. The number of hydrogen-bond acceptors (Lipinski definition) is 5. The van der Waals surface area contributed by atoms with Crippen LogP contribution in [0.5, 0.6) is 23.0 Å². The first kappa shape index (κ1) is 22.1. The molecule has 5 aromatic rings. The third kappa shape index (κ3) is 3.84. The number of rotatable bonds is 4. The molecule has 0 spiro atoms. The number of fused-ring (bicyclic) bond motifs is 2. The molecule has 0 aliphatic carbocycles. The lowest BCUT2D eigenvalue weighted by Gasteiger charge is -2.10. The Bertz CT molecular complexity index is 1630. The Balaban J connectivity index is 1.59. The molecule has 0 unspecified atom stereocenters. The molecule has 3 heterocycles. The Kier molecular flexibility index (Phi) is 5.55. The summed E-state index contributed by atoms with van der Waals surface area (Å²) >= 11 is 1.64. The van der Waals surface area contributed by atoms with Crippen molar-refractivity contribution in [3.8, 4) is 57.2 Å². The predicted octanol–water partition coefficient (Wildman–Crippen LogP) is 6.72. The quantitative estimate of drug-likeness (QED) is 0.261. The summed E-state index contributed by atoms with van der Waals surface area (Å²) in [6.45, 7) is 0.256. The third-order valence-electron chi connectivity index (χ3n) is 6.38. The molecule has 0 saturated carbocycles. The summed E-state index contributed by atoms with van der Waals surface area (Å²) in [4.78, 5) is 0. The van der Waals surface area contributed by atoms with Crippen LogP contribution >= 0.6 is 11.3 Å². The van der Waals surface area contributed by atoms with E-state index in [2.05, 4.69) is 53.1 Å². The highest BCUT2D eigenvalue weighted by molar-refractivity contribution is 7.08. The normalized spacial score (nSPS) is 11.9. The van der Waals surface area contributed by atoms with Gasteiger partial charge in [0.15, 0.2) is 11.5 Å². The zero-order valence-electron chi connectivity index (χ0n) is 20.1. The first-order valence-electron chi connectivity index (χ1n) is 11.4. The van der Waals surface area contributed by atoms with Crippen molar-refractivity contribution in [3.63, 3.8) is 0 Å². The minimum absolute atomic E-state index is 0.256. The second kappa shape index (κ2) is 9.03. The van der Waals surface area contributed by atoms with Gasteiger partial charge in [0.1, 0.15) is 11.5 Å². The molecule has 5 nitrogen and oxygen atoms in total. The first-order chi connectivity index (χ1) is 17.6. The van der Waals surface area contributed by atoms with Crippen LogP contribution in [0.25, 0.3) is 33.3 Å². The van der Waals surface area contributed by atoms with Gasteiger partial charge >= 0.3 is 0 Å². The number of aromatic nitrogens is 1. The van der Waals surface area contributed by atoms with E-state index in [1.807, 2.05) is 41.8 Å². The molecule has 0 amide bonds. The average molecular weight is 494 g/mol. The lowest BCUT2D eigenvalue weighted by molar-refractivity contribution is 0.174. The number of hydrogen-bond donors (Lipinski definition) is 0. The zero-order valence-corrected chi connectivity index (χ0v) is 20.9. The molecule has 178 valence electrons. The molecule has 6 rings (SSSR count). The van der Waals surface area contributed by atoms with E-state index in [4.69, 9.17) is 18.9 Å². The monoisotopic (exact) mass is 493 g/mol. The van der Waals surface area contributed by atoms with Crippen LogP contribution in [0.1, 0.15) is 11.1 Å². The maximum absolute atomic E-state index is 5.61. The van der Waals surface area contributed by atoms with E-state index in [9.17, 15) is 0 Å². The molecule has 0 fully saturated rings. The fourth-order valence-corrected chi connectivity index (χ4v) is 5.17. The number of benzene rings is 3. The van der Waals surface area contributed by atoms with Gasteiger partial charge in [-0.2, -0.15) is 11.3 Å². The Morgan fingerprint density at radius 2 is 1.56 bits per heavy atom. The van der Waals surface area contributed by atoms with Crippen molar-refractivity contribution in [2.45, 2.75) is 0 Å². The van der Waals surface area contributed by atoms with Gasteiger partial charge < -0.3 is 23.5 Å². The zero-order chi connectivity index (χ0) is 24.6. The number of aryl methyl sites for hydroxylation is 1. The smallest absolute Gasteiger partial charge is 0.231 e. The van der Waals surface area contributed by atoms with Gasteiger partial charge in [-0.1, -0.05) is 24.0 Å². The largest absolute Gasteiger partial charge is 0.497 e. The fourth-order valence-electron chi connectivity index (χ4n) is 4.58. The molecule has 6 heteroatoms. The van der Waals surface area contributed by atoms with Crippen molar-refractivity contribution < 1.29 is 18.9 Å². The van der Waals surface area contributed by atoms with Gasteiger partial charge in [-0.15, -0.1) is 0 Å². The van der Waals surface area contributed by atoms with Crippen LogP contribution in [0.4, 0.5) is 0 Å². The number of methoxy groups -OCH3 is 2. The first-order valence-corrected chi connectivity index (χ1v) is 12.4. The average Bonchev–Trinajstić information content (AvgIpc) is 3.66. The Hall–Kier alpha value is -4.34. The summed E-state index contributed by atoms with van der Waals surface area (Å²) in [6, 6.07) is 20.5. The van der Waals surface area contributed by atoms with Crippen molar-refractivity contribution in [3.05, 3.63) is 82.6 Å². The van der Waals surface area contributed by atoms with Crippen LogP contribution in [0.3, 0.4) is 0 Å². The standard InChI is InChI=1S/C30H23NO4S/c1-31-27-8-5-20(21-6-9-28-29(15-21)35-18-34-28)14-26(27)25(7-4-19-10-11-36-17-19)30(31)22-12-23(32-2)16-24(13-22)33-3/h5-6,8-17H,18H2,1-3H3. The van der Waals surface area contributed by atoms with Crippen LogP contribution in [0.15, 0.2) is 71.4 Å². The van der Waals surface area contributed by atoms with Crippen LogP contribution in [-0.4, -0.2) is 25.6 Å². The molecular weight excluding hydrogens is 470 g/mol. The Morgan fingerprint density at radius 3 is 2.31 bits per heavy atom. The molecule has 1 aliphatic heterocycles. The molecular formula is C30H23NO4S. The van der Waals surface area contributed by atoms with Crippen LogP contribution < -0.4 is 18.9 Å². The van der Waals surface area contributed by atoms with E-state index in [1.165, 1.54) is 0 Å². The van der Waals surface area contributed by atoms with Gasteiger partial charge in [0.25, 0.3) is 0 Å². The lowest BCUT2D eigenvalue weighted by atomic mass is 10.00. The van der Waals surface area contributed by atoms with Gasteiger partial charge in [-0.3, -0.25) is 0 Å². The second-order valence-electron chi connectivity index (χ2n) is 8.45. The molecule has 2 aromatic heterocycles. The molecule has 0 bridgehead atoms. The van der Waals surface area contributed by atoms with Gasteiger partial charge in [-0.25, -0.2) is 0 Å². The van der Waals surface area contributed by atoms with Crippen LogP contribution in [0, 0.1) is 11.8 Å². The van der Waals surface area contributed by atoms with Gasteiger partial charge in [0, 0.05) is 40.5 Å². The van der Waals surface area contributed by atoms with E-state index in [1.54, 1.807) is 25.6 Å². The molecule has 1 aliphatic rings. The molecule has 0 N–H and O–H groups in total. The summed E-state index contributed by atoms with van der Waals surface area (Å²) in [5.41, 5.74) is 7.17. The molecule has 3 aromatic carbocycles. The van der Waals surface area contributed by atoms with Crippen molar-refractivity contribution in [1.29, 1.82) is 0 Å². The number of ether oxygens (including phenoxy) is 4.